The molecule has 0 bridgehead atoms. The average molecular weight is 235 g/mol. The topological polar surface area (TPSA) is 26.3 Å². The summed E-state index contributed by atoms with van der Waals surface area (Å²) in [7, 11) is 1.44. The van der Waals surface area contributed by atoms with Crippen molar-refractivity contribution in [2.75, 3.05) is 7.11 Å². The van der Waals surface area contributed by atoms with Crippen LogP contribution >= 0.6 is 11.6 Å². The number of carbonyl (C=O) groups is 1. The van der Waals surface area contributed by atoms with Gasteiger partial charge in [0.15, 0.2) is 0 Å². The van der Waals surface area contributed by atoms with E-state index in [9.17, 15) is 4.79 Å². The monoisotopic (exact) mass is 234 g/mol. The van der Waals surface area contributed by atoms with Crippen molar-refractivity contribution in [1.82, 2.24) is 0 Å². The standard InChI is InChI=1S/C12H23ClO2/c1-3-11(13)9-7-5-4-6-8-10-12(14)15-2/h11H,3-10H2,1-2H3. The lowest BCUT2D eigenvalue weighted by Crippen LogP contribution is -1.99. The molecule has 0 aliphatic carbocycles. The molecule has 0 aromatic rings. The lowest BCUT2D eigenvalue weighted by Gasteiger charge is -2.05. The van der Waals surface area contributed by atoms with E-state index in [1.807, 2.05) is 0 Å². The fourth-order valence-electron chi connectivity index (χ4n) is 1.47. The van der Waals surface area contributed by atoms with Gasteiger partial charge in [0.1, 0.15) is 0 Å². The van der Waals surface area contributed by atoms with Crippen molar-refractivity contribution in [3.63, 3.8) is 0 Å². The summed E-state index contributed by atoms with van der Waals surface area (Å²) in [6.07, 6.45) is 8.44. The summed E-state index contributed by atoms with van der Waals surface area (Å²) in [5.74, 6) is -0.0956. The van der Waals surface area contributed by atoms with E-state index in [4.69, 9.17) is 11.6 Å². The van der Waals surface area contributed by atoms with Crippen molar-refractivity contribution < 1.29 is 9.53 Å². The van der Waals surface area contributed by atoms with Gasteiger partial charge in [-0.2, -0.15) is 0 Å². The minimum Gasteiger partial charge on any atom is -0.469 e. The SMILES string of the molecule is CCC(Cl)CCCCCCCC(=O)OC. The van der Waals surface area contributed by atoms with Crippen LogP contribution in [0.1, 0.15) is 58.3 Å². The van der Waals surface area contributed by atoms with E-state index in [2.05, 4.69) is 11.7 Å². The van der Waals surface area contributed by atoms with Gasteiger partial charge < -0.3 is 4.74 Å². The Kier molecular flexibility index (Phi) is 10.1. The normalized spacial score (nSPS) is 12.5. The summed E-state index contributed by atoms with van der Waals surface area (Å²) in [6, 6.07) is 0. The van der Waals surface area contributed by atoms with Crippen LogP contribution in [0.25, 0.3) is 0 Å². The van der Waals surface area contributed by atoms with Crippen LogP contribution in [0, 0.1) is 0 Å². The molecular weight excluding hydrogens is 212 g/mol. The summed E-state index contributed by atoms with van der Waals surface area (Å²) in [5, 5.41) is 0.347. The van der Waals surface area contributed by atoms with Gasteiger partial charge in [-0.1, -0.05) is 32.6 Å². The van der Waals surface area contributed by atoms with Crippen LogP contribution in [0.5, 0.6) is 0 Å². The second-order valence-corrected chi connectivity index (χ2v) is 4.51. The van der Waals surface area contributed by atoms with Crippen LogP contribution in [0.2, 0.25) is 0 Å². The van der Waals surface area contributed by atoms with Gasteiger partial charge in [-0.3, -0.25) is 4.79 Å². The van der Waals surface area contributed by atoms with Crippen molar-refractivity contribution in [1.29, 1.82) is 0 Å². The third-order valence-electron chi connectivity index (χ3n) is 2.57. The number of rotatable bonds is 9. The van der Waals surface area contributed by atoms with Gasteiger partial charge in [-0.25, -0.2) is 0 Å². The van der Waals surface area contributed by atoms with Crippen LogP contribution in [0.3, 0.4) is 0 Å². The summed E-state index contributed by atoms with van der Waals surface area (Å²) in [6.45, 7) is 2.12. The Balaban J connectivity index is 3.08. The molecule has 90 valence electrons. The Labute approximate surface area is 98.3 Å². The number of hydrogen-bond acceptors (Lipinski definition) is 2. The highest BCUT2D eigenvalue weighted by Crippen LogP contribution is 2.13. The van der Waals surface area contributed by atoms with Crippen LogP contribution in [0.15, 0.2) is 0 Å². The number of esters is 1. The third kappa shape index (κ3) is 10.1. The quantitative estimate of drug-likeness (QED) is 0.344. The molecule has 2 nitrogen and oxygen atoms in total. The van der Waals surface area contributed by atoms with E-state index < -0.39 is 0 Å². The number of halogens is 1. The zero-order valence-electron chi connectivity index (χ0n) is 9.93. The third-order valence-corrected chi connectivity index (χ3v) is 3.10. The number of carbonyl (C=O) groups excluding carboxylic acids is 1. The van der Waals surface area contributed by atoms with E-state index >= 15 is 0 Å². The van der Waals surface area contributed by atoms with Crippen molar-refractivity contribution in [3.05, 3.63) is 0 Å². The highest BCUT2D eigenvalue weighted by atomic mass is 35.5. The van der Waals surface area contributed by atoms with Crippen molar-refractivity contribution in [2.24, 2.45) is 0 Å². The largest absolute Gasteiger partial charge is 0.469 e. The maximum atomic E-state index is 10.8. The van der Waals surface area contributed by atoms with Crippen LogP contribution in [-0.2, 0) is 9.53 Å². The number of methoxy groups -OCH3 is 1. The molecule has 0 fully saturated rings. The molecule has 0 N–H and O–H groups in total. The first-order chi connectivity index (χ1) is 7.20. The van der Waals surface area contributed by atoms with Crippen LogP contribution in [0.4, 0.5) is 0 Å². The molecule has 0 aromatic carbocycles. The fraction of sp³-hybridized carbons (Fsp3) is 0.917. The molecule has 3 heteroatoms. The lowest BCUT2D eigenvalue weighted by atomic mass is 10.1. The molecule has 0 amide bonds. The summed E-state index contributed by atoms with van der Waals surface area (Å²) >= 11 is 6.00. The maximum Gasteiger partial charge on any atom is 0.305 e. The predicted octanol–water partition coefficient (Wildman–Crippen LogP) is 3.91. The number of ether oxygens (including phenoxy) is 1. The highest BCUT2D eigenvalue weighted by Gasteiger charge is 2.01. The molecule has 0 aliphatic rings. The van der Waals surface area contributed by atoms with Gasteiger partial charge >= 0.3 is 5.97 Å². The molecule has 1 unspecified atom stereocenters. The van der Waals surface area contributed by atoms with E-state index in [1.165, 1.54) is 26.4 Å². The Hall–Kier alpha value is -0.240. The molecule has 0 spiro atoms. The molecule has 0 heterocycles. The molecule has 1 atom stereocenters. The number of unbranched alkanes of at least 4 members (excludes halogenated alkanes) is 4. The van der Waals surface area contributed by atoms with Crippen LogP contribution < -0.4 is 0 Å². The van der Waals surface area contributed by atoms with Gasteiger partial charge in [0.2, 0.25) is 0 Å². The lowest BCUT2D eigenvalue weighted by molar-refractivity contribution is -0.140. The molecule has 0 saturated carbocycles. The van der Waals surface area contributed by atoms with E-state index in [1.54, 1.807) is 0 Å². The molecule has 0 aliphatic heterocycles. The Morgan fingerprint density at radius 1 is 1.20 bits per heavy atom. The van der Waals surface area contributed by atoms with E-state index in [-0.39, 0.29) is 5.97 Å². The maximum absolute atomic E-state index is 10.8. The fourth-order valence-corrected chi connectivity index (χ4v) is 1.63. The minimum atomic E-state index is -0.0956. The smallest absolute Gasteiger partial charge is 0.305 e. The molecule has 0 radical (unpaired) electrons. The predicted molar refractivity (Wildman–Crippen MR) is 64.3 cm³/mol. The van der Waals surface area contributed by atoms with Gasteiger partial charge in [-0.05, 0) is 19.3 Å². The van der Waals surface area contributed by atoms with Gasteiger partial charge in [0.05, 0.1) is 7.11 Å². The highest BCUT2D eigenvalue weighted by molar-refractivity contribution is 6.20. The number of alkyl halides is 1. The van der Waals surface area contributed by atoms with Crippen molar-refractivity contribution >= 4 is 17.6 Å². The molecule has 0 rings (SSSR count). The molecular formula is C12H23ClO2. The summed E-state index contributed by atoms with van der Waals surface area (Å²) < 4.78 is 4.57. The minimum absolute atomic E-state index is 0.0956. The van der Waals surface area contributed by atoms with E-state index in [0.717, 1.165) is 25.7 Å². The summed E-state index contributed by atoms with van der Waals surface area (Å²) in [5.41, 5.74) is 0. The Morgan fingerprint density at radius 3 is 2.40 bits per heavy atom. The first-order valence-electron chi connectivity index (χ1n) is 5.91. The first kappa shape index (κ1) is 14.8. The zero-order valence-corrected chi connectivity index (χ0v) is 10.7. The van der Waals surface area contributed by atoms with Crippen LogP contribution in [-0.4, -0.2) is 18.5 Å². The summed E-state index contributed by atoms with van der Waals surface area (Å²) in [4.78, 5) is 10.8. The Bertz CT molecular complexity index is 160. The first-order valence-corrected chi connectivity index (χ1v) is 6.35. The Morgan fingerprint density at radius 2 is 1.80 bits per heavy atom. The average Bonchev–Trinajstić information content (AvgIpc) is 2.26. The second kappa shape index (κ2) is 10.3. The zero-order chi connectivity index (χ0) is 11.5. The number of hydrogen-bond donors (Lipinski definition) is 0. The van der Waals surface area contributed by atoms with E-state index in [0.29, 0.717) is 11.8 Å². The van der Waals surface area contributed by atoms with Crippen molar-refractivity contribution in [3.8, 4) is 0 Å². The van der Waals surface area contributed by atoms with Gasteiger partial charge in [0, 0.05) is 11.8 Å². The van der Waals surface area contributed by atoms with Gasteiger partial charge in [0.25, 0.3) is 0 Å². The molecule has 15 heavy (non-hydrogen) atoms. The molecule has 0 aromatic heterocycles. The molecule has 0 saturated heterocycles. The van der Waals surface area contributed by atoms with Gasteiger partial charge in [-0.15, -0.1) is 11.6 Å². The second-order valence-electron chi connectivity index (χ2n) is 3.89. The van der Waals surface area contributed by atoms with Crippen molar-refractivity contribution in [2.45, 2.75) is 63.7 Å².